The smallest absolute Gasteiger partial charge is 0.264 e. The van der Waals surface area contributed by atoms with Crippen LogP contribution in [0, 0.1) is 0 Å². The van der Waals surface area contributed by atoms with Crippen LogP contribution >= 0.6 is 0 Å². The molecular weight excluding hydrogens is 474 g/mol. The van der Waals surface area contributed by atoms with Crippen molar-refractivity contribution in [3.8, 4) is 11.3 Å². The van der Waals surface area contributed by atoms with Gasteiger partial charge in [-0.1, -0.05) is 36.4 Å². The molecular formula is C27H23N5O3S. The number of hydrogen-bond donors (Lipinski definition) is 1. The molecule has 6 rings (SSSR count). The average molecular weight is 498 g/mol. The maximum atomic E-state index is 13.3. The number of sulfonamides is 1. The van der Waals surface area contributed by atoms with Crippen LogP contribution in [-0.2, 0) is 27.7 Å². The van der Waals surface area contributed by atoms with E-state index in [4.69, 9.17) is 4.98 Å². The lowest BCUT2D eigenvalue weighted by Crippen LogP contribution is -2.29. The zero-order chi connectivity index (χ0) is 24.9. The Balaban J connectivity index is 1.28. The molecule has 0 atom stereocenters. The van der Waals surface area contributed by atoms with Crippen LogP contribution in [0.2, 0.25) is 0 Å². The van der Waals surface area contributed by atoms with Crippen LogP contribution in [0.1, 0.15) is 11.1 Å². The second kappa shape index (κ2) is 8.46. The molecule has 3 aromatic carbocycles. The van der Waals surface area contributed by atoms with E-state index in [0.29, 0.717) is 30.3 Å². The number of carbonyl (C=O) groups is 1. The highest BCUT2D eigenvalue weighted by molar-refractivity contribution is 7.92. The maximum Gasteiger partial charge on any atom is 0.264 e. The third-order valence-corrected chi connectivity index (χ3v) is 8.47. The summed E-state index contributed by atoms with van der Waals surface area (Å²) in [7, 11) is -1.90. The van der Waals surface area contributed by atoms with Crippen molar-refractivity contribution in [1.29, 1.82) is 0 Å². The molecule has 2 aliphatic rings. The van der Waals surface area contributed by atoms with Crippen LogP contribution < -0.4 is 14.5 Å². The van der Waals surface area contributed by atoms with Gasteiger partial charge in [0.05, 0.1) is 28.4 Å². The van der Waals surface area contributed by atoms with E-state index in [0.717, 1.165) is 28.1 Å². The predicted octanol–water partition coefficient (Wildman–Crippen LogP) is 4.16. The largest absolute Gasteiger partial charge is 0.324 e. The van der Waals surface area contributed by atoms with Gasteiger partial charge in [0.2, 0.25) is 11.9 Å². The summed E-state index contributed by atoms with van der Waals surface area (Å²) in [6.07, 6.45) is 2.59. The summed E-state index contributed by atoms with van der Waals surface area (Å²) in [5, 5.41) is 3.16. The summed E-state index contributed by atoms with van der Waals surface area (Å²) in [6.45, 7) is 0.434. The first-order chi connectivity index (χ1) is 17.4. The molecule has 9 heteroatoms. The number of para-hydroxylation sites is 2. The zero-order valence-corrected chi connectivity index (χ0v) is 20.4. The highest BCUT2D eigenvalue weighted by atomic mass is 32.2. The van der Waals surface area contributed by atoms with Crippen LogP contribution in [0.15, 0.2) is 83.9 Å². The van der Waals surface area contributed by atoms with E-state index in [9.17, 15) is 13.2 Å². The first kappa shape index (κ1) is 22.2. The van der Waals surface area contributed by atoms with Crippen LogP contribution in [0.4, 0.5) is 23.0 Å². The number of aromatic nitrogens is 2. The van der Waals surface area contributed by atoms with Gasteiger partial charge in [0.15, 0.2) is 0 Å². The number of nitrogens with zero attached hydrogens (tertiary/aromatic N) is 4. The van der Waals surface area contributed by atoms with Crippen molar-refractivity contribution >= 4 is 38.9 Å². The first-order valence-electron chi connectivity index (χ1n) is 11.6. The number of benzene rings is 3. The fourth-order valence-electron chi connectivity index (χ4n) is 4.74. The van der Waals surface area contributed by atoms with Crippen molar-refractivity contribution < 1.29 is 13.2 Å². The molecule has 180 valence electrons. The fraction of sp³-hybridized carbons (Fsp3) is 0.148. The number of rotatable bonds is 4. The molecule has 0 saturated carbocycles. The Labute approximate surface area is 209 Å². The molecule has 1 aromatic heterocycles. The van der Waals surface area contributed by atoms with Gasteiger partial charge in [-0.2, -0.15) is 0 Å². The average Bonchev–Trinajstić information content (AvgIpc) is 3.31. The number of anilines is 4. The Kier molecular flexibility index (Phi) is 5.22. The summed E-state index contributed by atoms with van der Waals surface area (Å²) in [6, 6.07) is 21.8. The molecule has 0 saturated heterocycles. The minimum atomic E-state index is -3.66. The van der Waals surface area contributed by atoms with Gasteiger partial charge >= 0.3 is 0 Å². The number of amides is 1. The van der Waals surface area contributed by atoms with Crippen molar-refractivity contribution in [3.05, 3.63) is 90.1 Å². The number of fused-ring (bicyclic) bond motifs is 4. The minimum Gasteiger partial charge on any atom is -0.324 e. The highest BCUT2D eigenvalue weighted by Gasteiger charge is 2.30. The normalized spacial score (nSPS) is 14.6. The lowest BCUT2D eigenvalue weighted by molar-refractivity contribution is -0.117. The van der Waals surface area contributed by atoms with E-state index in [2.05, 4.69) is 10.3 Å². The van der Waals surface area contributed by atoms with Gasteiger partial charge in [-0.05, 0) is 48.4 Å². The second-order valence-electron chi connectivity index (χ2n) is 8.82. The van der Waals surface area contributed by atoms with Crippen LogP contribution in [0.25, 0.3) is 11.3 Å². The van der Waals surface area contributed by atoms with Gasteiger partial charge in [0.25, 0.3) is 10.0 Å². The van der Waals surface area contributed by atoms with Crippen molar-refractivity contribution in [3.63, 3.8) is 0 Å². The molecule has 0 radical (unpaired) electrons. The van der Waals surface area contributed by atoms with Gasteiger partial charge in [-0.25, -0.2) is 18.4 Å². The molecule has 1 N–H and O–H groups in total. The van der Waals surface area contributed by atoms with Crippen molar-refractivity contribution in [2.45, 2.75) is 17.7 Å². The molecule has 0 bridgehead atoms. The summed E-state index contributed by atoms with van der Waals surface area (Å²) in [5.41, 5.74) is 5.55. The van der Waals surface area contributed by atoms with Crippen molar-refractivity contribution in [2.75, 3.05) is 28.1 Å². The van der Waals surface area contributed by atoms with Gasteiger partial charge in [0, 0.05) is 36.6 Å². The molecule has 4 aromatic rings. The third kappa shape index (κ3) is 3.68. The minimum absolute atomic E-state index is 0.0251. The molecule has 0 aliphatic carbocycles. The summed E-state index contributed by atoms with van der Waals surface area (Å²) >= 11 is 0. The van der Waals surface area contributed by atoms with Gasteiger partial charge in [-0.3, -0.25) is 9.10 Å². The molecule has 3 heterocycles. The molecule has 0 spiro atoms. The van der Waals surface area contributed by atoms with E-state index in [1.54, 1.807) is 42.4 Å². The van der Waals surface area contributed by atoms with Crippen molar-refractivity contribution in [2.24, 2.45) is 0 Å². The predicted molar refractivity (Wildman–Crippen MR) is 139 cm³/mol. The van der Waals surface area contributed by atoms with E-state index < -0.39 is 10.0 Å². The molecule has 8 nitrogen and oxygen atoms in total. The van der Waals surface area contributed by atoms with Crippen LogP contribution in [-0.4, -0.2) is 37.9 Å². The Hall–Kier alpha value is -4.24. The first-order valence-corrected chi connectivity index (χ1v) is 13.1. The van der Waals surface area contributed by atoms with E-state index in [1.807, 2.05) is 48.5 Å². The summed E-state index contributed by atoms with van der Waals surface area (Å²) < 4.78 is 28.0. The maximum absolute atomic E-state index is 13.3. The number of carbonyl (C=O) groups excluding carboxylic acids is 1. The lowest BCUT2D eigenvalue weighted by Gasteiger charge is -2.19. The Bertz CT molecular complexity index is 1600. The van der Waals surface area contributed by atoms with E-state index in [-0.39, 0.29) is 17.2 Å². The fourth-order valence-corrected chi connectivity index (χ4v) is 6.24. The molecule has 1 amide bonds. The third-order valence-electron chi connectivity index (χ3n) is 6.64. The SMILES string of the molecule is CN1C(=O)Cc2cnc(Nc3ccc(S(=O)(=O)N4CCc5ccccc54)cc3)nc2-c2ccccc21. The van der Waals surface area contributed by atoms with Crippen LogP contribution in [0.5, 0.6) is 0 Å². The second-order valence-corrected chi connectivity index (χ2v) is 10.7. The van der Waals surface area contributed by atoms with Crippen LogP contribution in [0.3, 0.4) is 0 Å². The Morgan fingerprint density at radius 2 is 1.61 bits per heavy atom. The zero-order valence-electron chi connectivity index (χ0n) is 19.5. The van der Waals surface area contributed by atoms with Crippen molar-refractivity contribution in [1.82, 2.24) is 9.97 Å². The quantitative estimate of drug-likeness (QED) is 0.455. The monoisotopic (exact) mass is 497 g/mol. The number of likely N-dealkylation sites (N-methyl/N-ethyl adjacent to an activating group) is 1. The highest BCUT2D eigenvalue weighted by Crippen LogP contribution is 2.36. The molecule has 0 fully saturated rings. The summed E-state index contributed by atoms with van der Waals surface area (Å²) in [5.74, 6) is 0.340. The van der Waals surface area contributed by atoms with Gasteiger partial charge < -0.3 is 10.2 Å². The van der Waals surface area contributed by atoms with E-state index in [1.165, 1.54) is 4.31 Å². The summed E-state index contributed by atoms with van der Waals surface area (Å²) in [4.78, 5) is 23.6. The number of nitrogens with one attached hydrogen (secondary N) is 1. The van der Waals surface area contributed by atoms with E-state index >= 15 is 0 Å². The van der Waals surface area contributed by atoms with Gasteiger partial charge in [-0.15, -0.1) is 0 Å². The standard InChI is InChI=1S/C27H23N5O3S/c1-31-24-9-5-3-7-22(24)26-19(16-25(31)33)17-28-27(30-26)29-20-10-12-21(13-11-20)36(34,35)32-15-14-18-6-2-4-8-23(18)32/h2-13,17H,14-16H2,1H3,(H,28,29,30). The molecule has 0 unspecified atom stereocenters. The molecule has 2 aliphatic heterocycles. The number of hydrogen-bond acceptors (Lipinski definition) is 6. The Morgan fingerprint density at radius 3 is 2.42 bits per heavy atom. The van der Waals surface area contributed by atoms with Gasteiger partial charge in [0.1, 0.15) is 0 Å². The topological polar surface area (TPSA) is 95.5 Å². The molecule has 36 heavy (non-hydrogen) atoms. The lowest BCUT2D eigenvalue weighted by atomic mass is 10.1. The Morgan fingerprint density at radius 1 is 0.889 bits per heavy atom.